The summed E-state index contributed by atoms with van der Waals surface area (Å²) in [7, 11) is 0. The molecule has 15 heavy (non-hydrogen) atoms. The average molecular weight is 270 g/mol. The predicted molar refractivity (Wildman–Crippen MR) is 58.7 cm³/mol. The van der Waals surface area contributed by atoms with Crippen LogP contribution in [0.3, 0.4) is 0 Å². The maximum atomic E-state index is 10.4. The molecule has 3 N–H and O–H groups in total. The van der Waals surface area contributed by atoms with Crippen LogP contribution in [0.4, 0.5) is 4.79 Å². The molecule has 2 rings (SSSR count). The lowest BCUT2D eigenvalue weighted by molar-refractivity contribution is 0.194. The molecule has 78 valence electrons. The van der Waals surface area contributed by atoms with Crippen LogP contribution < -0.4 is 5.32 Å². The second-order valence-electron chi connectivity index (χ2n) is 2.99. The van der Waals surface area contributed by atoms with Crippen LogP contribution in [0.5, 0.6) is 0 Å². The first-order valence-corrected chi connectivity index (χ1v) is 5.06. The molecular weight excluding hydrogens is 262 g/mol. The summed E-state index contributed by atoms with van der Waals surface area (Å²) in [5, 5.41) is 18.6. The smallest absolute Gasteiger partial charge is 0.404 e. The summed E-state index contributed by atoms with van der Waals surface area (Å²) in [6.45, 7) is 0.192. The summed E-state index contributed by atoms with van der Waals surface area (Å²) in [5.74, 6) is 0. The molecule has 5 nitrogen and oxygen atoms in total. The lowest BCUT2D eigenvalue weighted by Gasteiger charge is -1.99. The van der Waals surface area contributed by atoms with Crippen LogP contribution in [0.2, 0.25) is 0 Å². The third kappa shape index (κ3) is 1.94. The Bertz CT molecular complexity index is 509. The van der Waals surface area contributed by atoms with Gasteiger partial charge in [0, 0.05) is 9.86 Å². The van der Waals surface area contributed by atoms with E-state index in [-0.39, 0.29) is 6.54 Å². The second-order valence-corrected chi connectivity index (χ2v) is 3.85. The third-order valence-electron chi connectivity index (χ3n) is 2.02. The molecule has 0 fully saturated rings. The third-order valence-corrected chi connectivity index (χ3v) is 2.68. The van der Waals surface area contributed by atoms with E-state index in [2.05, 4.69) is 31.4 Å². The largest absolute Gasteiger partial charge is 0.465 e. The highest BCUT2D eigenvalue weighted by Crippen LogP contribution is 2.25. The molecule has 0 spiro atoms. The summed E-state index contributed by atoms with van der Waals surface area (Å²) in [5.41, 5.74) is 1.56. The van der Waals surface area contributed by atoms with Gasteiger partial charge >= 0.3 is 6.09 Å². The number of fused-ring (bicyclic) bond motifs is 1. The highest BCUT2D eigenvalue weighted by Gasteiger charge is 2.08. The molecule has 2 aromatic rings. The summed E-state index contributed by atoms with van der Waals surface area (Å²) < 4.78 is 0.899. The fourth-order valence-corrected chi connectivity index (χ4v) is 1.98. The molecule has 6 heteroatoms. The van der Waals surface area contributed by atoms with Gasteiger partial charge in [-0.05, 0) is 12.1 Å². The van der Waals surface area contributed by atoms with Crippen LogP contribution in [-0.2, 0) is 6.54 Å². The first-order chi connectivity index (χ1) is 7.18. The van der Waals surface area contributed by atoms with Gasteiger partial charge in [0.2, 0.25) is 0 Å². The first kappa shape index (κ1) is 9.97. The number of hydrogen-bond donors (Lipinski definition) is 3. The Balaban J connectivity index is 2.39. The number of nitrogens with zero attached hydrogens (tertiary/aromatic N) is 1. The SMILES string of the molecule is O=C(O)NCc1n[nH]c2cccc(Br)c12. The van der Waals surface area contributed by atoms with E-state index in [1.54, 1.807) is 0 Å². The van der Waals surface area contributed by atoms with Crippen molar-refractivity contribution in [2.24, 2.45) is 0 Å². The van der Waals surface area contributed by atoms with Crippen molar-refractivity contribution in [1.82, 2.24) is 15.5 Å². The quantitative estimate of drug-likeness (QED) is 0.781. The number of H-pyrrole nitrogens is 1. The predicted octanol–water partition coefficient (Wildman–Crippen LogP) is 2.09. The normalized spacial score (nSPS) is 10.5. The van der Waals surface area contributed by atoms with Gasteiger partial charge in [-0.15, -0.1) is 0 Å². The topological polar surface area (TPSA) is 78.0 Å². The van der Waals surface area contributed by atoms with Gasteiger partial charge in [-0.1, -0.05) is 22.0 Å². The molecule has 0 saturated carbocycles. The molecule has 0 aliphatic carbocycles. The van der Waals surface area contributed by atoms with Crippen molar-refractivity contribution in [2.45, 2.75) is 6.54 Å². The summed E-state index contributed by atoms with van der Waals surface area (Å²) in [4.78, 5) is 10.4. The van der Waals surface area contributed by atoms with Crippen LogP contribution >= 0.6 is 15.9 Å². The van der Waals surface area contributed by atoms with Crippen molar-refractivity contribution in [1.29, 1.82) is 0 Å². The fraction of sp³-hybridized carbons (Fsp3) is 0.111. The zero-order valence-corrected chi connectivity index (χ0v) is 9.21. The Morgan fingerprint density at radius 2 is 2.40 bits per heavy atom. The minimum Gasteiger partial charge on any atom is -0.465 e. The maximum absolute atomic E-state index is 10.4. The van der Waals surface area contributed by atoms with E-state index in [0.717, 1.165) is 15.4 Å². The Labute approximate surface area is 93.6 Å². The number of aromatic nitrogens is 2. The number of benzene rings is 1. The van der Waals surface area contributed by atoms with E-state index in [1.807, 2.05) is 18.2 Å². The molecule has 0 aliphatic heterocycles. The fourth-order valence-electron chi connectivity index (χ4n) is 1.38. The molecular formula is C9H8BrN3O2. The van der Waals surface area contributed by atoms with Crippen LogP contribution in [0.15, 0.2) is 22.7 Å². The van der Waals surface area contributed by atoms with Gasteiger partial charge in [0.25, 0.3) is 0 Å². The highest BCUT2D eigenvalue weighted by atomic mass is 79.9. The molecule has 1 aromatic heterocycles. The van der Waals surface area contributed by atoms with Gasteiger partial charge in [-0.25, -0.2) is 4.79 Å². The van der Waals surface area contributed by atoms with Crippen LogP contribution in [0.1, 0.15) is 5.69 Å². The molecule has 0 radical (unpaired) electrons. The van der Waals surface area contributed by atoms with E-state index in [9.17, 15) is 4.79 Å². The number of aromatic amines is 1. The molecule has 1 aromatic carbocycles. The van der Waals surface area contributed by atoms with Crippen LogP contribution in [-0.4, -0.2) is 21.4 Å². The van der Waals surface area contributed by atoms with E-state index in [4.69, 9.17) is 5.11 Å². The Kier molecular flexibility index (Phi) is 2.59. The van der Waals surface area contributed by atoms with Gasteiger partial charge in [0.05, 0.1) is 17.8 Å². The van der Waals surface area contributed by atoms with Gasteiger partial charge in [-0.2, -0.15) is 5.10 Å². The van der Waals surface area contributed by atoms with Crippen molar-refractivity contribution in [3.63, 3.8) is 0 Å². The van der Waals surface area contributed by atoms with E-state index in [1.165, 1.54) is 0 Å². The number of rotatable bonds is 2. The Morgan fingerprint density at radius 1 is 1.60 bits per heavy atom. The van der Waals surface area contributed by atoms with E-state index < -0.39 is 6.09 Å². The molecule has 0 saturated heterocycles. The number of halogens is 1. The van der Waals surface area contributed by atoms with Crippen molar-refractivity contribution >= 4 is 32.9 Å². The average Bonchev–Trinajstić information content (AvgIpc) is 2.59. The van der Waals surface area contributed by atoms with Gasteiger partial charge in [-0.3, -0.25) is 5.10 Å². The summed E-state index contributed by atoms with van der Waals surface area (Å²) in [6, 6.07) is 5.67. The van der Waals surface area contributed by atoms with Gasteiger partial charge < -0.3 is 10.4 Å². The minimum absolute atomic E-state index is 0.192. The molecule has 0 unspecified atom stereocenters. The number of amides is 1. The van der Waals surface area contributed by atoms with Gasteiger partial charge in [0.1, 0.15) is 0 Å². The number of hydrogen-bond acceptors (Lipinski definition) is 2. The maximum Gasteiger partial charge on any atom is 0.404 e. The molecule has 1 heterocycles. The van der Waals surface area contributed by atoms with E-state index >= 15 is 0 Å². The monoisotopic (exact) mass is 269 g/mol. The molecule has 1 amide bonds. The van der Waals surface area contributed by atoms with Crippen LogP contribution in [0.25, 0.3) is 10.9 Å². The Morgan fingerprint density at radius 3 is 3.13 bits per heavy atom. The lowest BCUT2D eigenvalue weighted by atomic mass is 10.2. The van der Waals surface area contributed by atoms with Crippen molar-refractivity contribution in [3.05, 3.63) is 28.4 Å². The lowest BCUT2D eigenvalue weighted by Crippen LogP contribution is -2.20. The van der Waals surface area contributed by atoms with E-state index in [0.29, 0.717) is 5.69 Å². The Hall–Kier alpha value is -1.56. The van der Waals surface area contributed by atoms with Gasteiger partial charge in [0.15, 0.2) is 0 Å². The number of nitrogens with one attached hydrogen (secondary N) is 2. The summed E-state index contributed by atoms with van der Waals surface area (Å²) in [6.07, 6.45) is -1.06. The molecule has 0 aliphatic rings. The highest BCUT2D eigenvalue weighted by molar-refractivity contribution is 9.10. The standard InChI is InChI=1S/C9H8BrN3O2/c10-5-2-1-3-6-8(5)7(13-12-6)4-11-9(14)15/h1-3,11H,4H2,(H,12,13)(H,14,15). The summed E-state index contributed by atoms with van der Waals surface area (Å²) >= 11 is 3.40. The van der Waals surface area contributed by atoms with Crippen molar-refractivity contribution in [2.75, 3.05) is 0 Å². The van der Waals surface area contributed by atoms with Crippen molar-refractivity contribution < 1.29 is 9.90 Å². The zero-order chi connectivity index (χ0) is 10.8. The second kappa shape index (κ2) is 3.90. The number of carbonyl (C=O) groups is 1. The molecule has 0 atom stereocenters. The molecule has 0 bridgehead atoms. The van der Waals surface area contributed by atoms with Crippen molar-refractivity contribution in [3.8, 4) is 0 Å². The zero-order valence-electron chi connectivity index (χ0n) is 7.62. The minimum atomic E-state index is -1.06. The number of carboxylic acid groups (broad SMARTS) is 1. The first-order valence-electron chi connectivity index (χ1n) is 4.27. The van der Waals surface area contributed by atoms with Crippen LogP contribution in [0, 0.1) is 0 Å².